The van der Waals surface area contributed by atoms with Gasteiger partial charge in [0.05, 0.1) is 21.7 Å². The van der Waals surface area contributed by atoms with Gasteiger partial charge in [-0.3, -0.25) is 25.0 Å². The number of unbranched alkanes of at least 4 members (excludes halogenated alkanes) is 1. The lowest BCUT2D eigenvalue weighted by Gasteiger charge is -2.08. The van der Waals surface area contributed by atoms with Crippen molar-refractivity contribution < 1.29 is 18.3 Å². The number of hydrogen-bond donors (Lipinski definition) is 1. The zero-order valence-electron chi connectivity index (χ0n) is 10.7. The van der Waals surface area contributed by atoms with Crippen LogP contribution in [0.4, 0.5) is 17.1 Å². The molecule has 0 unspecified atom stereocenters. The molecule has 0 aromatic heterocycles. The second-order valence-electron chi connectivity index (χ2n) is 4.03. The van der Waals surface area contributed by atoms with Crippen LogP contribution >= 0.6 is 11.6 Å². The number of anilines is 1. The Labute approximate surface area is 125 Å². The molecule has 0 aliphatic carbocycles. The zero-order chi connectivity index (χ0) is 16.0. The number of nitrogens with zero attached hydrogens (tertiary/aromatic N) is 2. The van der Waals surface area contributed by atoms with Crippen molar-refractivity contribution in [3.63, 3.8) is 0 Å². The first-order chi connectivity index (χ1) is 9.76. The van der Waals surface area contributed by atoms with Gasteiger partial charge in [-0.05, 0) is 18.9 Å². The van der Waals surface area contributed by atoms with Crippen molar-refractivity contribution >= 4 is 38.7 Å². The molecule has 0 amide bonds. The van der Waals surface area contributed by atoms with Crippen molar-refractivity contribution in [3.05, 3.63) is 38.4 Å². The number of hydrogen-bond acceptors (Lipinski definition) is 6. The molecular weight excluding hydrogens is 326 g/mol. The van der Waals surface area contributed by atoms with E-state index in [9.17, 15) is 28.6 Å². The quantitative estimate of drug-likeness (QED) is 0.335. The Hall–Kier alpha value is -1.94. The standard InChI is InChI=1S/C10H12ClN3O6S/c11-5-1-2-6-21(19,20)12-9-4-3-8(13(15)16)7-10(9)14(17)18/h3-4,7,12H,1-2,5-6H2. The Bertz CT molecular complexity index is 648. The molecule has 0 heterocycles. The van der Waals surface area contributed by atoms with Gasteiger partial charge in [-0.25, -0.2) is 8.42 Å². The third-order valence-electron chi connectivity index (χ3n) is 2.45. The molecule has 0 bridgehead atoms. The van der Waals surface area contributed by atoms with Gasteiger partial charge in [0, 0.05) is 11.9 Å². The van der Waals surface area contributed by atoms with E-state index in [4.69, 9.17) is 11.6 Å². The molecule has 11 heteroatoms. The number of alkyl halides is 1. The average Bonchev–Trinajstić information content (AvgIpc) is 2.38. The fourth-order valence-electron chi connectivity index (χ4n) is 1.48. The van der Waals surface area contributed by atoms with E-state index in [-0.39, 0.29) is 11.4 Å². The molecule has 1 aromatic rings. The second kappa shape index (κ2) is 7.18. The molecule has 0 atom stereocenters. The maximum absolute atomic E-state index is 11.8. The minimum atomic E-state index is -3.78. The van der Waals surface area contributed by atoms with Crippen molar-refractivity contribution in [3.8, 4) is 0 Å². The molecule has 1 N–H and O–H groups in total. The van der Waals surface area contributed by atoms with E-state index in [1.807, 2.05) is 0 Å². The topological polar surface area (TPSA) is 132 Å². The normalized spacial score (nSPS) is 11.1. The first-order valence-corrected chi connectivity index (χ1v) is 7.95. The molecule has 9 nitrogen and oxygen atoms in total. The van der Waals surface area contributed by atoms with Crippen LogP contribution in [0.2, 0.25) is 0 Å². The van der Waals surface area contributed by atoms with Crippen LogP contribution in [0.1, 0.15) is 12.8 Å². The molecule has 0 aliphatic heterocycles. The zero-order valence-corrected chi connectivity index (χ0v) is 12.3. The van der Waals surface area contributed by atoms with Crippen LogP contribution in [0, 0.1) is 20.2 Å². The Kier molecular flexibility index (Phi) is 5.85. The Balaban J connectivity index is 3.02. The molecule has 0 saturated heterocycles. The van der Waals surface area contributed by atoms with E-state index in [2.05, 4.69) is 4.72 Å². The maximum Gasteiger partial charge on any atom is 0.300 e. The van der Waals surface area contributed by atoms with Crippen molar-refractivity contribution in [2.45, 2.75) is 12.8 Å². The predicted molar refractivity (Wildman–Crippen MR) is 77.1 cm³/mol. The number of non-ortho nitro benzene ring substituents is 1. The highest BCUT2D eigenvalue weighted by atomic mass is 35.5. The van der Waals surface area contributed by atoms with E-state index in [0.717, 1.165) is 12.1 Å². The van der Waals surface area contributed by atoms with Gasteiger partial charge in [0.25, 0.3) is 11.4 Å². The van der Waals surface area contributed by atoms with Gasteiger partial charge in [-0.15, -0.1) is 11.6 Å². The average molecular weight is 338 g/mol. The summed E-state index contributed by atoms with van der Waals surface area (Å²) in [6, 6.07) is 2.69. The first-order valence-electron chi connectivity index (χ1n) is 5.76. The SMILES string of the molecule is O=[N+]([O-])c1ccc(NS(=O)(=O)CCCCCl)c([N+](=O)[O-])c1. The van der Waals surface area contributed by atoms with Crippen LogP contribution in [0.3, 0.4) is 0 Å². The molecule has 0 fully saturated rings. The monoisotopic (exact) mass is 337 g/mol. The van der Waals surface area contributed by atoms with E-state index < -0.39 is 31.2 Å². The highest BCUT2D eigenvalue weighted by Crippen LogP contribution is 2.29. The summed E-state index contributed by atoms with van der Waals surface area (Å²) >= 11 is 5.44. The summed E-state index contributed by atoms with van der Waals surface area (Å²) in [5.41, 5.74) is -1.48. The number of nitro benzene ring substituents is 2. The van der Waals surface area contributed by atoms with Crippen molar-refractivity contribution in [1.29, 1.82) is 0 Å². The highest BCUT2D eigenvalue weighted by Gasteiger charge is 2.22. The minimum Gasteiger partial charge on any atom is -0.277 e. The van der Waals surface area contributed by atoms with Crippen LogP contribution < -0.4 is 4.72 Å². The van der Waals surface area contributed by atoms with E-state index in [0.29, 0.717) is 24.8 Å². The number of halogens is 1. The number of sulfonamides is 1. The summed E-state index contributed by atoms with van der Waals surface area (Å²) in [6.45, 7) is 0. The summed E-state index contributed by atoms with van der Waals surface area (Å²) in [7, 11) is -3.78. The van der Waals surface area contributed by atoms with E-state index >= 15 is 0 Å². The third kappa shape index (κ3) is 5.16. The number of rotatable bonds is 8. The summed E-state index contributed by atoms with van der Waals surface area (Å²) in [5.74, 6) is 0.0705. The maximum atomic E-state index is 11.8. The highest BCUT2D eigenvalue weighted by molar-refractivity contribution is 7.92. The summed E-state index contributed by atoms with van der Waals surface area (Å²) < 4.78 is 25.6. The molecule has 0 spiro atoms. The molecule has 21 heavy (non-hydrogen) atoms. The predicted octanol–water partition coefficient (Wildman–Crippen LogP) is 2.26. The van der Waals surface area contributed by atoms with Crippen LogP contribution in [-0.4, -0.2) is 29.9 Å². The fourth-order valence-corrected chi connectivity index (χ4v) is 2.86. The lowest BCUT2D eigenvalue weighted by molar-refractivity contribution is -0.393. The van der Waals surface area contributed by atoms with Gasteiger partial charge in [0.2, 0.25) is 10.0 Å². The van der Waals surface area contributed by atoms with Gasteiger partial charge in [-0.1, -0.05) is 0 Å². The second-order valence-corrected chi connectivity index (χ2v) is 6.25. The Morgan fingerprint density at radius 1 is 1.14 bits per heavy atom. The molecule has 1 aromatic carbocycles. The Morgan fingerprint density at radius 2 is 1.81 bits per heavy atom. The molecule has 0 radical (unpaired) electrons. The Morgan fingerprint density at radius 3 is 2.33 bits per heavy atom. The molecule has 0 saturated carbocycles. The van der Waals surface area contributed by atoms with Crippen LogP contribution in [0.15, 0.2) is 18.2 Å². The van der Waals surface area contributed by atoms with Crippen LogP contribution in [0.5, 0.6) is 0 Å². The fraction of sp³-hybridized carbons (Fsp3) is 0.400. The number of nitrogens with one attached hydrogen (secondary N) is 1. The van der Waals surface area contributed by atoms with Gasteiger partial charge < -0.3 is 0 Å². The first kappa shape index (κ1) is 17.1. The molecule has 116 valence electrons. The van der Waals surface area contributed by atoms with Gasteiger partial charge in [-0.2, -0.15) is 0 Å². The van der Waals surface area contributed by atoms with Gasteiger partial charge in [0.1, 0.15) is 5.69 Å². The van der Waals surface area contributed by atoms with E-state index in [1.165, 1.54) is 0 Å². The van der Waals surface area contributed by atoms with E-state index in [1.54, 1.807) is 0 Å². The smallest absolute Gasteiger partial charge is 0.277 e. The number of nitro groups is 2. The molecule has 0 aliphatic rings. The van der Waals surface area contributed by atoms with Crippen LogP contribution in [-0.2, 0) is 10.0 Å². The lowest BCUT2D eigenvalue weighted by atomic mass is 10.2. The summed E-state index contributed by atoms with van der Waals surface area (Å²) in [5, 5.41) is 21.5. The van der Waals surface area contributed by atoms with Gasteiger partial charge in [0.15, 0.2) is 0 Å². The van der Waals surface area contributed by atoms with Crippen LogP contribution in [0.25, 0.3) is 0 Å². The van der Waals surface area contributed by atoms with Crippen molar-refractivity contribution in [1.82, 2.24) is 0 Å². The summed E-state index contributed by atoms with van der Waals surface area (Å²) in [4.78, 5) is 19.8. The van der Waals surface area contributed by atoms with Gasteiger partial charge >= 0.3 is 0 Å². The minimum absolute atomic E-state index is 0.242. The molecular formula is C10H12ClN3O6S. The third-order valence-corrected chi connectivity index (χ3v) is 4.08. The summed E-state index contributed by atoms with van der Waals surface area (Å²) in [6.07, 6.45) is 0.796. The van der Waals surface area contributed by atoms with Crippen molar-refractivity contribution in [2.75, 3.05) is 16.4 Å². The largest absolute Gasteiger partial charge is 0.300 e. The van der Waals surface area contributed by atoms with Crippen molar-refractivity contribution in [2.24, 2.45) is 0 Å². The lowest BCUT2D eigenvalue weighted by Crippen LogP contribution is -2.17. The number of benzene rings is 1. The molecule has 1 rings (SSSR count).